The summed E-state index contributed by atoms with van der Waals surface area (Å²) in [5.41, 5.74) is 5.34. The van der Waals surface area contributed by atoms with Gasteiger partial charge < -0.3 is 4.90 Å². The number of hydrogen-bond acceptors (Lipinski definition) is 3. The Morgan fingerprint density at radius 3 is 2.52 bits per heavy atom. The molecule has 0 radical (unpaired) electrons. The molecule has 174 valence electrons. The highest BCUT2D eigenvalue weighted by atomic mass is 19.1. The van der Waals surface area contributed by atoms with Crippen molar-refractivity contribution in [1.82, 2.24) is 19.6 Å². The number of hydrogen-bond donors (Lipinski definition) is 0. The highest BCUT2D eigenvalue weighted by Crippen LogP contribution is 2.26. The molecule has 0 fully saturated rings. The van der Waals surface area contributed by atoms with E-state index >= 15 is 0 Å². The number of benzene rings is 2. The Hall–Kier alpha value is -2.99. The van der Waals surface area contributed by atoms with Crippen molar-refractivity contribution in [2.75, 3.05) is 19.6 Å². The average Bonchev–Trinajstić information content (AvgIpc) is 3.18. The Labute approximate surface area is 195 Å². The van der Waals surface area contributed by atoms with Gasteiger partial charge in [0.2, 0.25) is 5.91 Å². The van der Waals surface area contributed by atoms with Crippen LogP contribution in [0.25, 0.3) is 5.69 Å². The number of para-hydroxylation sites is 1. The minimum atomic E-state index is -0.288. The number of carbonyl (C=O) groups excluding carboxylic acids is 1. The van der Waals surface area contributed by atoms with Gasteiger partial charge in [-0.1, -0.05) is 51.1 Å². The zero-order valence-electron chi connectivity index (χ0n) is 19.8. The Morgan fingerprint density at radius 2 is 1.85 bits per heavy atom. The third-order valence-corrected chi connectivity index (χ3v) is 6.22. The second-order valence-electron chi connectivity index (χ2n) is 9.21. The van der Waals surface area contributed by atoms with Crippen LogP contribution in [0.15, 0.2) is 54.6 Å². The largest absolute Gasteiger partial charge is 0.336 e. The summed E-state index contributed by atoms with van der Waals surface area (Å²) in [6, 6.07) is 16.4. The predicted molar refractivity (Wildman–Crippen MR) is 129 cm³/mol. The van der Waals surface area contributed by atoms with Gasteiger partial charge >= 0.3 is 0 Å². The first-order chi connectivity index (χ1) is 15.9. The molecule has 1 aromatic heterocycles. The van der Waals surface area contributed by atoms with E-state index in [0.29, 0.717) is 19.0 Å². The number of rotatable bonds is 8. The lowest BCUT2D eigenvalue weighted by molar-refractivity contribution is -0.131. The smallest absolute Gasteiger partial charge is 0.227 e. The normalized spacial score (nSPS) is 13.8. The van der Waals surface area contributed by atoms with Crippen LogP contribution in [0.5, 0.6) is 0 Å². The van der Waals surface area contributed by atoms with Gasteiger partial charge in [0.05, 0.1) is 30.0 Å². The van der Waals surface area contributed by atoms with Gasteiger partial charge in [-0.25, -0.2) is 9.07 Å². The topological polar surface area (TPSA) is 41.4 Å². The highest BCUT2D eigenvalue weighted by Gasteiger charge is 2.27. The number of amides is 1. The molecule has 6 heteroatoms. The Morgan fingerprint density at radius 1 is 1.12 bits per heavy atom. The van der Waals surface area contributed by atoms with E-state index in [4.69, 9.17) is 5.10 Å². The van der Waals surface area contributed by atoms with E-state index in [1.807, 2.05) is 23.1 Å². The first kappa shape index (κ1) is 23.2. The summed E-state index contributed by atoms with van der Waals surface area (Å²) in [6.45, 7) is 10.4. The summed E-state index contributed by atoms with van der Waals surface area (Å²) in [5, 5.41) is 5.03. The van der Waals surface area contributed by atoms with E-state index in [2.05, 4.69) is 42.5 Å². The van der Waals surface area contributed by atoms with E-state index in [1.54, 1.807) is 12.1 Å². The molecule has 0 atom stereocenters. The minimum absolute atomic E-state index is 0.0430. The van der Waals surface area contributed by atoms with Crippen molar-refractivity contribution in [1.29, 1.82) is 0 Å². The van der Waals surface area contributed by atoms with Crippen LogP contribution in [0.1, 0.15) is 43.3 Å². The maximum absolute atomic E-state index is 13.3. The van der Waals surface area contributed by atoms with Crippen LogP contribution in [0, 0.1) is 11.7 Å². The zero-order valence-corrected chi connectivity index (χ0v) is 19.8. The van der Waals surface area contributed by atoms with E-state index in [9.17, 15) is 9.18 Å². The van der Waals surface area contributed by atoms with Crippen LogP contribution in [-0.2, 0) is 30.7 Å². The fraction of sp³-hybridized carbons (Fsp3) is 0.407. The number of carbonyl (C=O) groups is 1. The molecule has 1 aliphatic heterocycles. The van der Waals surface area contributed by atoms with Crippen molar-refractivity contribution < 1.29 is 9.18 Å². The Kier molecular flexibility index (Phi) is 7.23. The third kappa shape index (κ3) is 5.50. The summed E-state index contributed by atoms with van der Waals surface area (Å²) in [7, 11) is 0. The summed E-state index contributed by atoms with van der Waals surface area (Å²) in [6.07, 6.45) is 1.20. The van der Waals surface area contributed by atoms with E-state index in [-0.39, 0.29) is 18.1 Å². The van der Waals surface area contributed by atoms with Crippen molar-refractivity contribution in [2.45, 2.75) is 46.7 Å². The summed E-state index contributed by atoms with van der Waals surface area (Å²) in [5.74, 6) is 0.0895. The van der Waals surface area contributed by atoms with Gasteiger partial charge in [-0.3, -0.25) is 9.69 Å². The van der Waals surface area contributed by atoms with E-state index < -0.39 is 0 Å². The number of halogens is 1. The molecule has 2 heterocycles. The van der Waals surface area contributed by atoms with Gasteiger partial charge in [-0.2, -0.15) is 5.10 Å². The third-order valence-electron chi connectivity index (χ3n) is 6.22. The highest BCUT2D eigenvalue weighted by molar-refractivity contribution is 5.78. The minimum Gasteiger partial charge on any atom is -0.336 e. The fourth-order valence-electron chi connectivity index (χ4n) is 4.49. The monoisotopic (exact) mass is 448 g/mol. The van der Waals surface area contributed by atoms with Gasteiger partial charge in [0.25, 0.3) is 0 Å². The fourth-order valence-corrected chi connectivity index (χ4v) is 4.49. The Bertz CT molecular complexity index is 1080. The lowest BCUT2D eigenvalue weighted by Crippen LogP contribution is -2.36. The molecule has 33 heavy (non-hydrogen) atoms. The predicted octanol–water partition coefficient (Wildman–Crippen LogP) is 4.62. The number of likely N-dealkylation sites (N-methyl/N-ethyl adjacent to an activating group) is 1. The van der Waals surface area contributed by atoms with E-state index in [1.165, 1.54) is 23.4 Å². The first-order valence-corrected chi connectivity index (χ1v) is 11.8. The quantitative estimate of drug-likeness (QED) is 0.505. The Balaban J connectivity index is 1.64. The molecule has 4 rings (SSSR count). The van der Waals surface area contributed by atoms with Gasteiger partial charge in [-0.15, -0.1) is 0 Å². The molecule has 3 aromatic rings. The molecule has 0 N–H and O–H groups in total. The molecule has 0 unspecified atom stereocenters. The van der Waals surface area contributed by atoms with Crippen molar-refractivity contribution in [3.05, 3.63) is 82.9 Å². The molecule has 0 bridgehead atoms. The molecular weight excluding hydrogens is 415 g/mol. The molecule has 5 nitrogen and oxygen atoms in total. The number of aromatic nitrogens is 2. The van der Waals surface area contributed by atoms with Gasteiger partial charge in [0.15, 0.2) is 0 Å². The molecule has 1 aliphatic rings. The molecule has 0 aliphatic carbocycles. The van der Waals surface area contributed by atoms with Crippen LogP contribution in [0.3, 0.4) is 0 Å². The summed E-state index contributed by atoms with van der Waals surface area (Å²) < 4.78 is 15.4. The van der Waals surface area contributed by atoms with Crippen molar-refractivity contribution in [2.24, 2.45) is 5.92 Å². The maximum Gasteiger partial charge on any atom is 0.227 e. The second-order valence-corrected chi connectivity index (χ2v) is 9.21. The molecular formula is C27H33FN4O. The number of nitrogens with zero attached hydrogens (tertiary/aromatic N) is 4. The average molecular weight is 449 g/mol. The standard InChI is InChI=1S/C27H33FN4O/c1-4-30-15-14-26-24(18-30)25(29-32(26)23-8-6-5-7-9-23)19-31(17-20(2)3)27(33)16-21-10-12-22(28)13-11-21/h5-13,20H,4,14-19H2,1-3H3. The summed E-state index contributed by atoms with van der Waals surface area (Å²) in [4.78, 5) is 17.6. The lowest BCUT2D eigenvalue weighted by Gasteiger charge is -2.28. The van der Waals surface area contributed by atoms with Crippen LogP contribution >= 0.6 is 0 Å². The molecule has 2 aromatic carbocycles. The van der Waals surface area contributed by atoms with Crippen LogP contribution in [0.4, 0.5) is 4.39 Å². The summed E-state index contributed by atoms with van der Waals surface area (Å²) >= 11 is 0. The lowest BCUT2D eigenvalue weighted by atomic mass is 10.0. The maximum atomic E-state index is 13.3. The van der Waals surface area contributed by atoms with Crippen LogP contribution in [-0.4, -0.2) is 45.1 Å². The molecule has 0 saturated heterocycles. The second kappa shape index (κ2) is 10.3. The van der Waals surface area contributed by atoms with Gasteiger partial charge in [0.1, 0.15) is 5.82 Å². The molecule has 0 saturated carbocycles. The molecule has 0 spiro atoms. The van der Waals surface area contributed by atoms with Crippen molar-refractivity contribution in [3.8, 4) is 5.69 Å². The van der Waals surface area contributed by atoms with Crippen molar-refractivity contribution in [3.63, 3.8) is 0 Å². The first-order valence-electron chi connectivity index (χ1n) is 11.8. The van der Waals surface area contributed by atoms with Gasteiger partial charge in [-0.05, 0) is 42.3 Å². The molecule has 1 amide bonds. The SMILES string of the molecule is CCN1CCc2c(c(CN(CC(C)C)C(=O)Cc3ccc(F)cc3)nn2-c2ccccc2)C1. The van der Waals surface area contributed by atoms with Gasteiger partial charge in [0, 0.05) is 31.6 Å². The van der Waals surface area contributed by atoms with E-state index in [0.717, 1.165) is 43.0 Å². The van der Waals surface area contributed by atoms with Crippen LogP contribution < -0.4 is 0 Å². The number of fused-ring (bicyclic) bond motifs is 1. The van der Waals surface area contributed by atoms with Crippen LogP contribution in [0.2, 0.25) is 0 Å². The van der Waals surface area contributed by atoms with Crippen molar-refractivity contribution >= 4 is 5.91 Å². The zero-order chi connectivity index (χ0) is 23.4.